The Bertz CT molecular complexity index is 465. The number of aromatic nitrogens is 1. The zero-order valence-corrected chi connectivity index (χ0v) is 15.2. The molecule has 1 aliphatic carbocycles. The molecule has 130 valence electrons. The summed E-state index contributed by atoms with van der Waals surface area (Å²) in [5, 5.41) is 16.7. The van der Waals surface area contributed by atoms with E-state index in [1.807, 2.05) is 0 Å². The van der Waals surface area contributed by atoms with Gasteiger partial charge in [0.05, 0.1) is 5.69 Å². The second-order valence-corrected chi connectivity index (χ2v) is 8.05. The van der Waals surface area contributed by atoms with Gasteiger partial charge >= 0.3 is 0 Å². The number of anilines is 1. The first kappa shape index (κ1) is 17.2. The molecule has 2 heterocycles. The van der Waals surface area contributed by atoms with E-state index in [1.165, 1.54) is 50.1 Å². The molecule has 2 aliphatic rings. The maximum atomic E-state index is 9.43. The van der Waals surface area contributed by atoms with Crippen LogP contribution in [0.1, 0.15) is 57.1 Å². The van der Waals surface area contributed by atoms with Gasteiger partial charge in [0.15, 0.2) is 5.13 Å². The van der Waals surface area contributed by atoms with Crippen LogP contribution in [0.15, 0.2) is 5.38 Å². The Balaban J connectivity index is 1.49. The highest BCUT2D eigenvalue weighted by molar-refractivity contribution is 7.13. The van der Waals surface area contributed by atoms with E-state index < -0.39 is 0 Å². The first-order valence-electron chi connectivity index (χ1n) is 9.30. The molecule has 2 N–H and O–H groups in total. The summed E-state index contributed by atoms with van der Waals surface area (Å²) in [6.07, 6.45) is 10.1. The summed E-state index contributed by atoms with van der Waals surface area (Å²) in [4.78, 5) is 7.04. The molecule has 5 heteroatoms. The summed E-state index contributed by atoms with van der Waals surface area (Å²) in [6.45, 7) is 4.58. The van der Waals surface area contributed by atoms with Gasteiger partial charge in [0.1, 0.15) is 0 Å². The minimum atomic E-state index is 0.311. The van der Waals surface area contributed by atoms with Crippen LogP contribution in [0.2, 0.25) is 0 Å². The van der Waals surface area contributed by atoms with E-state index in [0.29, 0.717) is 18.7 Å². The molecule has 4 nitrogen and oxygen atoms in total. The maximum Gasteiger partial charge on any atom is 0.185 e. The number of nitrogens with one attached hydrogen (secondary N) is 1. The largest absolute Gasteiger partial charge is 0.396 e. The summed E-state index contributed by atoms with van der Waals surface area (Å²) in [5.74, 6) is 0.774. The Kier molecular flexibility index (Phi) is 6.31. The molecule has 1 aromatic rings. The molecule has 0 amide bonds. The van der Waals surface area contributed by atoms with Crippen molar-refractivity contribution in [2.24, 2.45) is 5.92 Å². The molecular weight excluding hydrogens is 306 g/mol. The lowest BCUT2D eigenvalue weighted by molar-refractivity contribution is 0.189. The van der Waals surface area contributed by atoms with Crippen LogP contribution >= 0.6 is 11.3 Å². The molecule has 0 spiro atoms. The van der Waals surface area contributed by atoms with Crippen LogP contribution in [-0.4, -0.2) is 41.9 Å². The van der Waals surface area contributed by atoms with Gasteiger partial charge in [-0.2, -0.15) is 0 Å². The van der Waals surface area contributed by atoms with Gasteiger partial charge in [-0.05, 0) is 44.9 Å². The van der Waals surface area contributed by atoms with Crippen molar-refractivity contribution in [2.45, 2.75) is 70.4 Å². The minimum Gasteiger partial charge on any atom is -0.396 e. The molecule has 2 fully saturated rings. The number of thiazole rings is 1. The number of aliphatic hydroxyl groups excluding tert-OH is 1. The van der Waals surface area contributed by atoms with Crippen LogP contribution in [-0.2, 0) is 0 Å². The van der Waals surface area contributed by atoms with Crippen LogP contribution in [0, 0.1) is 12.8 Å². The van der Waals surface area contributed by atoms with E-state index in [1.54, 1.807) is 11.3 Å². The van der Waals surface area contributed by atoms with Crippen LogP contribution in [0.3, 0.4) is 0 Å². The molecule has 23 heavy (non-hydrogen) atoms. The lowest BCUT2D eigenvalue weighted by Crippen LogP contribution is -2.49. The SMILES string of the molecule is Cc1csc(N2CCC(NC(CCO)C3CCCCC3)CC2)n1. The third-order valence-corrected chi connectivity index (χ3v) is 6.50. The van der Waals surface area contributed by atoms with Gasteiger partial charge in [-0.15, -0.1) is 11.3 Å². The monoisotopic (exact) mass is 337 g/mol. The predicted octanol–water partition coefficient (Wildman–Crippen LogP) is 3.34. The fourth-order valence-electron chi connectivity index (χ4n) is 4.16. The molecule has 1 atom stereocenters. The third-order valence-electron chi connectivity index (χ3n) is 5.48. The summed E-state index contributed by atoms with van der Waals surface area (Å²) < 4.78 is 0. The van der Waals surface area contributed by atoms with Crippen LogP contribution in [0.25, 0.3) is 0 Å². The van der Waals surface area contributed by atoms with Crippen molar-refractivity contribution < 1.29 is 5.11 Å². The second kappa shape index (κ2) is 8.45. The van der Waals surface area contributed by atoms with Crippen molar-refractivity contribution in [3.63, 3.8) is 0 Å². The van der Waals surface area contributed by atoms with E-state index in [2.05, 4.69) is 27.5 Å². The Morgan fingerprint density at radius 2 is 2.00 bits per heavy atom. The van der Waals surface area contributed by atoms with Crippen molar-refractivity contribution in [1.29, 1.82) is 0 Å². The van der Waals surface area contributed by atoms with Crippen LogP contribution < -0.4 is 10.2 Å². The zero-order chi connectivity index (χ0) is 16.1. The van der Waals surface area contributed by atoms with E-state index in [0.717, 1.165) is 31.1 Å². The van der Waals surface area contributed by atoms with Gasteiger partial charge in [-0.3, -0.25) is 0 Å². The topological polar surface area (TPSA) is 48.4 Å². The smallest absolute Gasteiger partial charge is 0.185 e. The number of rotatable bonds is 6. The number of piperidine rings is 1. The molecule has 1 saturated carbocycles. The summed E-state index contributed by atoms with van der Waals surface area (Å²) in [5.41, 5.74) is 1.13. The highest BCUT2D eigenvalue weighted by Crippen LogP contribution is 2.29. The number of aryl methyl sites for hydroxylation is 1. The molecule has 1 aromatic heterocycles. The molecule has 0 aromatic carbocycles. The van der Waals surface area contributed by atoms with Crippen LogP contribution in [0.5, 0.6) is 0 Å². The highest BCUT2D eigenvalue weighted by Gasteiger charge is 2.27. The highest BCUT2D eigenvalue weighted by atomic mass is 32.1. The van der Waals surface area contributed by atoms with E-state index >= 15 is 0 Å². The summed E-state index contributed by atoms with van der Waals surface area (Å²) in [7, 11) is 0. The molecule has 1 saturated heterocycles. The number of aliphatic hydroxyl groups is 1. The molecule has 1 unspecified atom stereocenters. The summed E-state index contributed by atoms with van der Waals surface area (Å²) >= 11 is 1.76. The maximum absolute atomic E-state index is 9.43. The minimum absolute atomic E-state index is 0.311. The van der Waals surface area contributed by atoms with Gasteiger partial charge < -0.3 is 15.3 Å². The van der Waals surface area contributed by atoms with Crippen molar-refractivity contribution in [3.05, 3.63) is 11.1 Å². The molecule has 0 radical (unpaired) electrons. The number of hydrogen-bond acceptors (Lipinski definition) is 5. The fourth-order valence-corrected chi connectivity index (χ4v) is 5.01. The number of nitrogens with zero attached hydrogens (tertiary/aromatic N) is 2. The van der Waals surface area contributed by atoms with Crippen molar-refractivity contribution >= 4 is 16.5 Å². The van der Waals surface area contributed by atoms with Gasteiger partial charge in [-0.1, -0.05) is 19.3 Å². The van der Waals surface area contributed by atoms with Crippen molar-refractivity contribution in [1.82, 2.24) is 10.3 Å². The van der Waals surface area contributed by atoms with E-state index in [-0.39, 0.29) is 0 Å². The Labute approximate surface area is 144 Å². The van der Waals surface area contributed by atoms with Crippen molar-refractivity contribution in [2.75, 3.05) is 24.6 Å². The molecular formula is C18H31N3OS. The molecule has 3 rings (SSSR count). The average Bonchev–Trinajstić information content (AvgIpc) is 3.02. The van der Waals surface area contributed by atoms with Gasteiger partial charge in [0, 0.05) is 37.2 Å². The Hall–Kier alpha value is -0.650. The standard InChI is InChI=1S/C18H31N3OS/c1-14-13-23-18(19-14)21-10-7-16(8-11-21)20-17(9-12-22)15-5-3-2-4-6-15/h13,15-17,20,22H,2-12H2,1H3. The first-order valence-corrected chi connectivity index (χ1v) is 10.2. The predicted molar refractivity (Wildman–Crippen MR) is 97.3 cm³/mol. The third kappa shape index (κ3) is 4.68. The van der Waals surface area contributed by atoms with Gasteiger partial charge in [0.25, 0.3) is 0 Å². The lowest BCUT2D eigenvalue weighted by Gasteiger charge is -2.37. The van der Waals surface area contributed by atoms with Crippen molar-refractivity contribution in [3.8, 4) is 0 Å². The molecule has 0 bridgehead atoms. The molecule has 1 aliphatic heterocycles. The lowest BCUT2D eigenvalue weighted by atomic mass is 9.82. The fraction of sp³-hybridized carbons (Fsp3) is 0.833. The first-order chi connectivity index (χ1) is 11.3. The normalized spacial score (nSPS) is 22.4. The Morgan fingerprint density at radius 3 is 2.61 bits per heavy atom. The summed E-state index contributed by atoms with van der Waals surface area (Å²) in [6, 6.07) is 1.12. The Morgan fingerprint density at radius 1 is 1.26 bits per heavy atom. The quantitative estimate of drug-likeness (QED) is 0.836. The number of hydrogen-bond donors (Lipinski definition) is 2. The van der Waals surface area contributed by atoms with E-state index in [4.69, 9.17) is 0 Å². The average molecular weight is 338 g/mol. The van der Waals surface area contributed by atoms with Crippen LogP contribution in [0.4, 0.5) is 5.13 Å². The second-order valence-electron chi connectivity index (χ2n) is 7.22. The van der Waals surface area contributed by atoms with Gasteiger partial charge in [0.2, 0.25) is 0 Å². The van der Waals surface area contributed by atoms with E-state index in [9.17, 15) is 5.11 Å². The van der Waals surface area contributed by atoms with Gasteiger partial charge in [-0.25, -0.2) is 4.98 Å². The zero-order valence-electron chi connectivity index (χ0n) is 14.3.